The van der Waals surface area contributed by atoms with E-state index in [1.54, 1.807) is 6.07 Å². The number of benzene rings is 2. The molecule has 86 valence electrons. The fourth-order valence-electron chi connectivity index (χ4n) is 1.44. The summed E-state index contributed by atoms with van der Waals surface area (Å²) >= 11 is 2.99. The van der Waals surface area contributed by atoms with Crippen LogP contribution in [0.2, 0.25) is 0 Å². The molecule has 0 atom stereocenters. The van der Waals surface area contributed by atoms with Gasteiger partial charge in [0.1, 0.15) is 11.6 Å². The summed E-state index contributed by atoms with van der Waals surface area (Å²) in [5.74, 6) is -1.69. The molecule has 0 N–H and O–H groups in total. The van der Waals surface area contributed by atoms with Crippen molar-refractivity contribution in [2.45, 2.75) is 0 Å². The van der Waals surface area contributed by atoms with Crippen molar-refractivity contribution in [2.24, 2.45) is 0 Å². The molecule has 0 saturated heterocycles. The van der Waals surface area contributed by atoms with Crippen molar-refractivity contribution in [3.05, 3.63) is 69.7 Å². The van der Waals surface area contributed by atoms with E-state index in [0.717, 1.165) is 6.07 Å². The van der Waals surface area contributed by atoms with Crippen LogP contribution in [0.5, 0.6) is 0 Å². The molecule has 4 heteroatoms. The topological polar surface area (TPSA) is 17.1 Å². The van der Waals surface area contributed by atoms with Crippen LogP contribution in [-0.2, 0) is 0 Å². The maximum Gasteiger partial charge on any atom is 0.196 e. The first-order valence-corrected chi connectivity index (χ1v) is 5.63. The largest absolute Gasteiger partial charge is 0.288 e. The van der Waals surface area contributed by atoms with Crippen LogP contribution in [0.15, 0.2) is 46.9 Å². The monoisotopic (exact) mass is 296 g/mol. The van der Waals surface area contributed by atoms with E-state index in [4.69, 9.17) is 0 Å². The van der Waals surface area contributed by atoms with Crippen LogP contribution in [0.25, 0.3) is 0 Å². The smallest absolute Gasteiger partial charge is 0.196 e. The van der Waals surface area contributed by atoms with Crippen molar-refractivity contribution >= 4 is 21.7 Å². The molecule has 0 radical (unpaired) electrons. The lowest BCUT2D eigenvalue weighted by molar-refractivity contribution is 0.103. The highest BCUT2D eigenvalue weighted by molar-refractivity contribution is 9.10. The first-order chi connectivity index (χ1) is 8.09. The highest BCUT2D eigenvalue weighted by atomic mass is 79.9. The van der Waals surface area contributed by atoms with Crippen molar-refractivity contribution in [1.82, 2.24) is 0 Å². The second kappa shape index (κ2) is 4.75. The molecule has 0 aliphatic carbocycles. The van der Waals surface area contributed by atoms with Crippen molar-refractivity contribution < 1.29 is 13.6 Å². The SMILES string of the molecule is O=C(c1ccc(Br)c(F)c1)c1ccccc1F. The third-order valence-corrected chi connectivity index (χ3v) is 2.94. The van der Waals surface area contributed by atoms with Gasteiger partial charge in [-0.3, -0.25) is 4.79 Å². The van der Waals surface area contributed by atoms with Gasteiger partial charge in [-0.05, 0) is 46.3 Å². The zero-order chi connectivity index (χ0) is 12.4. The summed E-state index contributed by atoms with van der Waals surface area (Å²) in [6.07, 6.45) is 0. The molecule has 0 unspecified atom stereocenters. The van der Waals surface area contributed by atoms with Gasteiger partial charge >= 0.3 is 0 Å². The zero-order valence-electron chi connectivity index (χ0n) is 8.58. The molecule has 2 rings (SSSR count). The van der Waals surface area contributed by atoms with Gasteiger partial charge in [-0.1, -0.05) is 12.1 Å². The van der Waals surface area contributed by atoms with Crippen LogP contribution < -0.4 is 0 Å². The standard InChI is InChI=1S/C13H7BrF2O/c14-10-6-5-8(7-12(10)16)13(17)9-3-1-2-4-11(9)15/h1-7H. The second-order valence-corrected chi connectivity index (χ2v) is 4.29. The molecule has 2 aromatic rings. The zero-order valence-corrected chi connectivity index (χ0v) is 10.2. The molecule has 0 heterocycles. The normalized spacial score (nSPS) is 10.3. The van der Waals surface area contributed by atoms with E-state index in [9.17, 15) is 13.6 Å². The van der Waals surface area contributed by atoms with E-state index in [2.05, 4.69) is 15.9 Å². The van der Waals surface area contributed by atoms with Gasteiger partial charge in [0.05, 0.1) is 10.0 Å². The Balaban J connectivity index is 2.44. The molecule has 0 fully saturated rings. The minimum Gasteiger partial charge on any atom is -0.288 e. The number of hydrogen-bond donors (Lipinski definition) is 0. The lowest BCUT2D eigenvalue weighted by Gasteiger charge is -2.03. The number of hydrogen-bond acceptors (Lipinski definition) is 1. The Kier molecular flexibility index (Phi) is 3.33. The molecule has 2 aromatic carbocycles. The summed E-state index contributed by atoms with van der Waals surface area (Å²) in [4.78, 5) is 11.9. The third-order valence-electron chi connectivity index (χ3n) is 2.30. The van der Waals surface area contributed by atoms with E-state index in [0.29, 0.717) is 0 Å². The molecule has 0 saturated carbocycles. The number of halogens is 3. The van der Waals surface area contributed by atoms with Crippen LogP contribution in [0, 0.1) is 11.6 Å². The highest BCUT2D eigenvalue weighted by Crippen LogP contribution is 2.19. The van der Waals surface area contributed by atoms with Crippen molar-refractivity contribution in [3.63, 3.8) is 0 Å². The van der Waals surface area contributed by atoms with Gasteiger partial charge in [-0.2, -0.15) is 0 Å². The molecule has 0 aliphatic rings. The summed E-state index contributed by atoms with van der Waals surface area (Å²) < 4.78 is 26.9. The Bertz CT molecular complexity index is 581. The van der Waals surface area contributed by atoms with Crippen molar-refractivity contribution in [3.8, 4) is 0 Å². The van der Waals surface area contributed by atoms with E-state index in [1.165, 1.54) is 30.3 Å². The molecule has 17 heavy (non-hydrogen) atoms. The van der Waals surface area contributed by atoms with Gasteiger partial charge in [0, 0.05) is 5.56 Å². The van der Waals surface area contributed by atoms with Crippen molar-refractivity contribution in [1.29, 1.82) is 0 Å². The third kappa shape index (κ3) is 2.42. The first-order valence-electron chi connectivity index (χ1n) is 4.84. The summed E-state index contributed by atoms with van der Waals surface area (Å²) in [5, 5.41) is 0. The second-order valence-electron chi connectivity index (χ2n) is 3.44. The van der Waals surface area contributed by atoms with Crippen LogP contribution in [0.3, 0.4) is 0 Å². The molecule has 1 nitrogen and oxygen atoms in total. The number of ketones is 1. The summed E-state index contributed by atoms with van der Waals surface area (Å²) in [7, 11) is 0. The van der Waals surface area contributed by atoms with Crippen LogP contribution in [0.1, 0.15) is 15.9 Å². The molecule has 0 amide bonds. The maximum absolute atomic E-state index is 13.4. The number of carbonyl (C=O) groups is 1. The molecular weight excluding hydrogens is 290 g/mol. The fourth-order valence-corrected chi connectivity index (χ4v) is 1.68. The summed E-state index contributed by atoms with van der Waals surface area (Å²) in [6.45, 7) is 0. The average Bonchev–Trinajstić information content (AvgIpc) is 2.32. The van der Waals surface area contributed by atoms with Gasteiger partial charge in [-0.25, -0.2) is 8.78 Å². The first kappa shape index (κ1) is 11.9. The Morgan fingerprint density at radius 1 is 1.00 bits per heavy atom. The number of carbonyl (C=O) groups excluding carboxylic acids is 1. The van der Waals surface area contributed by atoms with Gasteiger partial charge in [-0.15, -0.1) is 0 Å². The summed E-state index contributed by atoms with van der Waals surface area (Å²) in [5.41, 5.74) is 0.0602. The predicted molar refractivity (Wildman–Crippen MR) is 63.9 cm³/mol. The number of rotatable bonds is 2. The van der Waals surface area contributed by atoms with Gasteiger partial charge in [0.15, 0.2) is 5.78 Å². The lowest BCUT2D eigenvalue weighted by Crippen LogP contribution is -2.04. The van der Waals surface area contributed by atoms with Gasteiger partial charge < -0.3 is 0 Å². The van der Waals surface area contributed by atoms with E-state index in [1.807, 2.05) is 0 Å². The van der Waals surface area contributed by atoms with Crippen LogP contribution >= 0.6 is 15.9 Å². The highest BCUT2D eigenvalue weighted by Gasteiger charge is 2.14. The Morgan fingerprint density at radius 3 is 2.35 bits per heavy atom. The minimum absolute atomic E-state index is 0.0609. The lowest BCUT2D eigenvalue weighted by atomic mass is 10.0. The van der Waals surface area contributed by atoms with Gasteiger partial charge in [0.25, 0.3) is 0 Å². The predicted octanol–water partition coefficient (Wildman–Crippen LogP) is 3.96. The van der Waals surface area contributed by atoms with E-state index >= 15 is 0 Å². The average molecular weight is 297 g/mol. The Hall–Kier alpha value is -1.55. The molecular formula is C13H7BrF2O. The molecule has 0 bridgehead atoms. The Morgan fingerprint density at radius 2 is 1.71 bits per heavy atom. The minimum atomic E-state index is -0.610. The Labute approximate surface area is 105 Å². The quantitative estimate of drug-likeness (QED) is 0.767. The summed E-state index contributed by atoms with van der Waals surface area (Å²) in [6, 6.07) is 9.57. The van der Waals surface area contributed by atoms with Crippen LogP contribution in [0.4, 0.5) is 8.78 Å². The molecule has 0 aromatic heterocycles. The van der Waals surface area contributed by atoms with Crippen LogP contribution in [-0.4, -0.2) is 5.78 Å². The van der Waals surface area contributed by atoms with E-state index in [-0.39, 0.29) is 15.6 Å². The molecule has 0 aliphatic heterocycles. The van der Waals surface area contributed by atoms with Gasteiger partial charge in [0.2, 0.25) is 0 Å². The molecule has 0 spiro atoms. The maximum atomic E-state index is 13.4. The van der Waals surface area contributed by atoms with E-state index < -0.39 is 17.4 Å². The van der Waals surface area contributed by atoms with Crippen molar-refractivity contribution in [2.75, 3.05) is 0 Å². The fraction of sp³-hybridized carbons (Fsp3) is 0.